The molecule has 0 N–H and O–H groups in total. The lowest BCUT2D eigenvalue weighted by Gasteiger charge is -2.26. The molecule has 0 saturated heterocycles. The Labute approximate surface area is 398 Å². The van der Waals surface area contributed by atoms with Crippen LogP contribution in [0.5, 0.6) is 0 Å². The normalized spacial score (nSPS) is 11.8. The largest absolute Gasteiger partial charge is 0.316 e. The van der Waals surface area contributed by atoms with Gasteiger partial charge in [0.25, 0.3) is 0 Å². The van der Waals surface area contributed by atoms with Crippen LogP contribution in [0, 0.1) is 17.9 Å². The van der Waals surface area contributed by atoms with E-state index >= 15 is 0 Å². The van der Waals surface area contributed by atoms with Crippen molar-refractivity contribution in [2.24, 2.45) is 0 Å². The molecule has 0 bridgehead atoms. The smallest absolute Gasteiger partial charge is 0.220 e. The Morgan fingerprint density at radius 2 is 0.882 bits per heavy atom. The molecule has 0 aliphatic carbocycles. The van der Waals surface area contributed by atoms with Crippen LogP contribution >= 0.6 is 22.7 Å². The van der Waals surface area contributed by atoms with Gasteiger partial charge in [-0.1, -0.05) is 176 Å². The van der Waals surface area contributed by atoms with Crippen molar-refractivity contribution in [1.82, 2.24) is 9.13 Å². The molecule has 0 amide bonds. The Bertz CT molecular complexity index is 4370. The summed E-state index contributed by atoms with van der Waals surface area (Å²) in [5.41, 5.74) is 11.8. The molecule has 6 heteroatoms. The van der Waals surface area contributed by atoms with E-state index in [-0.39, 0.29) is 0 Å². The van der Waals surface area contributed by atoms with Crippen LogP contribution in [-0.4, -0.2) is 9.13 Å². The summed E-state index contributed by atoms with van der Waals surface area (Å²) in [6.07, 6.45) is 0. The number of hydrogen-bond acceptors (Lipinski definition) is 3. The van der Waals surface area contributed by atoms with Crippen molar-refractivity contribution >= 4 is 112 Å². The van der Waals surface area contributed by atoms with Crippen molar-refractivity contribution in [2.45, 2.75) is 0 Å². The van der Waals surface area contributed by atoms with E-state index in [9.17, 15) is 11.8 Å². The summed E-state index contributed by atoms with van der Waals surface area (Å²) >= 11 is 3.60. The van der Waals surface area contributed by atoms with E-state index in [0.29, 0.717) is 16.8 Å². The number of nitrogens with zero attached hydrogens (tertiary/aromatic N) is 4. The highest BCUT2D eigenvalue weighted by molar-refractivity contribution is 7.27. The molecule has 0 saturated carbocycles. The second-order valence-electron chi connectivity index (χ2n) is 17.3. The molecule has 0 aliphatic heterocycles. The Morgan fingerprint density at radius 1 is 0.397 bits per heavy atom. The molecule has 4 nitrogen and oxygen atoms in total. The van der Waals surface area contributed by atoms with Gasteiger partial charge >= 0.3 is 0 Å². The molecule has 68 heavy (non-hydrogen) atoms. The van der Waals surface area contributed by atoms with Crippen molar-refractivity contribution in [3.63, 3.8) is 0 Å². The van der Waals surface area contributed by atoms with Gasteiger partial charge in [-0.05, 0) is 52.6 Å². The Kier molecular flexibility index (Phi) is 8.42. The number of hydrogen-bond donors (Lipinski definition) is 0. The second-order valence-corrected chi connectivity index (χ2v) is 19.4. The summed E-state index contributed by atoms with van der Waals surface area (Å²) in [6, 6.07) is 75.5. The first kappa shape index (κ1) is 38.5. The maximum absolute atomic E-state index is 11.9. The molecule has 14 aromatic rings. The Hall–Kier alpha value is -8.78. The van der Waals surface area contributed by atoms with Crippen LogP contribution in [0.1, 0.15) is 5.56 Å². The van der Waals surface area contributed by atoms with E-state index in [1.54, 1.807) is 22.7 Å². The first-order chi connectivity index (χ1) is 33.7. The van der Waals surface area contributed by atoms with Crippen molar-refractivity contribution < 1.29 is 0 Å². The number of para-hydroxylation sites is 1. The van der Waals surface area contributed by atoms with Gasteiger partial charge in [0.05, 0.1) is 55.0 Å². The van der Waals surface area contributed by atoms with Gasteiger partial charge in [0.1, 0.15) is 6.07 Å². The van der Waals surface area contributed by atoms with E-state index in [1.807, 2.05) is 42.5 Å². The predicted octanol–water partition coefficient (Wildman–Crippen LogP) is 18.0. The van der Waals surface area contributed by atoms with Crippen LogP contribution in [0.25, 0.3) is 134 Å². The predicted molar refractivity (Wildman–Crippen MR) is 288 cm³/mol. The molecule has 0 unspecified atom stereocenters. The highest BCUT2D eigenvalue weighted by atomic mass is 32.1. The third kappa shape index (κ3) is 5.39. The molecule has 10 aromatic carbocycles. The zero-order chi connectivity index (χ0) is 45.0. The molecular weight excluding hydrogens is 865 g/mol. The quantitative estimate of drug-likeness (QED) is 0.159. The van der Waals surface area contributed by atoms with E-state index in [1.165, 1.54) is 30.9 Å². The van der Waals surface area contributed by atoms with Crippen molar-refractivity contribution in [3.05, 3.63) is 223 Å². The number of fused-ring (bicyclic) bond motifs is 14. The van der Waals surface area contributed by atoms with Crippen LogP contribution < -0.4 is 0 Å². The third-order valence-electron chi connectivity index (χ3n) is 13.8. The van der Waals surface area contributed by atoms with Crippen molar-refractivity contribution in [2.75, 3.05) is 0 Å². The van der Waals surface area contributed by atoms with Crippen molar-refractivity contribution in [3.8, 4) is 50.8 Å². The summed E-state index contributed by atoms with van der Waals surface area (Å²) in [7, 11) is 0. The van der Waals surface area contributed by atoms with Crippen LogP contribution in [-0.2, 0) is 0 Å². The van der Waals surface area contributed by atoms with Crippen LogP contribution in [0.4, 0.5) is 5.69 Å². The lowest BCUT2D eigenvalue weighted by atomic mass is 9.88. The van der Waals surface area contributed by atoms with E-state index < -0.39 is 0 Å². The van der Waals surface area contributed by atoms with Gasteiger partial charge in [-0.25, -0.2) is 4.85 Å². The van der Waals surface area contributed by atoms with Gasteiger partial charge < -0.3 is 9.13 Å². The van der Waals surface area contributed by atoms with Gasteiger partial charge in [0, 0.05) is 63.6 Å². The van der Waals surface area contributed by atoms with E-state index in [0.717, 1.165) is 92.2 Å². The molecule has 4 aromatic heterocycles. The fourth-order valence-corrected chi connectivity index (χ4v) is 13.4. The molecular formula is C62H34N4S2. The molecule has 0 atom stereocenters. The summed E-state index contributed by atoms with van der Waals surface area (Å²) in [5, 5.41) is 21.1. The van der Waals surface area contributed by atoms with Gasteiger partial charge in [0.15, 0.2) is 0 Å². The fraction of sp³-hybridized carbons (Fsp3) is 0. The standard InChI is InChI=1S/C62H34N4S2/c1-64-56-54(38-19-7-3-8-20-38)49(36-63)57(65-50-26-14-11-23-41(50)48-35-40(29-34-51(48)65)37-17-5-2-6-18-37)55(39-21-9-4-10-22-39)60(56)66-58-44(30-32-46-42-24-12-15-27-52(42)67-61(46)58)45-31-33-47-43-25-13-16-28-53(43)68-62(47)59(45)66/h2-35H. The monoisotopic (exact) mass is 898 g/mol. The molecule has 0 spiro atoms. The summed E-state index contributed by atoms with van der Waals surface area (Å²) < 4.78 is 9.47. The molecule has 0 fully saturated rings. The van der Waals surface area contributed by atoms with Crippen LogP contribution in [0.3, 0.4) is 0 Å². The number of rotatable bonds is 5. The maximum Gasteiger partial charge on any atom is 0.220 e. The average Bonchev–Trinajstić information content (AvgIpc) is 4.16. The van der Waals surface area contributed by atoms with Gasteiger partial charge in [-0.2, -0.15) is 5.26 Å². The lowest BCUT2D eigenvalue weighted by Crippen LogP contribution is -2.08. The minimum absolute atomic E-state index is 0.428. The maximum atomic E-state index is 11.9. The van der Waals surface area contributed by atoms with E-state index in [2.05, 4.69) is 184 Å². The average molecular weight is 899 g/mol. The fourth-order valence-electron chi connectivity index (χ4n) is 10.9. The molecule has 0 aliphatic rings. The minimum Gasteiger partial charge on any atom is -0.316 e. The van der Waals surface area contributed by atoms with Crippen molar-refractivity contribution in [1.29, 1.82) is 5.26 Å². The SMILES string of the molecule is [C-]#[N+]c1c(-c2ccccc2)c(C#N)c(-n2c3ccccc3c3cc(-c4ccccc4)ccc32)c(-c2ccccc2)c1-n1c2c(ccc3c4ccccc4sc32)c2ccc3c4ccccc4sc3c21. The molecule has 314 valence electrons. The van der Waals surface area contributed by atoms with Crippen LogP contribution in [0.15, 0.2) is 206 Å². The number of benzene rings is 10. The number of nitriles is 1. The summed E-state index contributed by atoms with van der Waals surface area (Å²) in [5.74, 6) is 0. The Morgan fingerprint density at radius 3 is 1.46 bits per heavy atom. The minimum atomic E-state index is 0.428. The molecule has 4 heterocycles. The second kappa shape index (κ2) is 14.9. The highest BCUT2D eigenvalue weighted by Crippen LogP contribution is 2.55. The summed E-state index contributed by atoms with van der Waals surface area (Å²) in [6.45, 7) is 9.44. The molecule has 14 rings (SSSR count). The molecule has 0 radical (unpaired) electrons. The lowest BCUT2D eigenvalue weighted by molar-refractivity contribution is 1.14. The first-order valence-corrected chi connectivity index (χ1v) is 24.2. The van der Waals surface area contributed by atoms with Gasteiger partial charge in [-0.3, -0.25) is 0 Å². The number of aromatic nitrogens is 2. The Balaban J connectivity index is 1.27. The summed E-state index contributed by atoms with van der Waals surface area (Å²) in [4.78, 5) is 4.62. The third-order valence-corrected chi connectivity index (χ3v) is 16.2. The van der Waals surface area contributed by atoms with Gasteiger partial charge in [0.2, 0.25) is 5.69 Å². The first-order valence-electron chi connectivity index (χ1n) is 22.6. The van der Waals surface area contributed by atoms with E-state index in [4.69, 9.17) is 0 Å². The topological polar surface area (TPSA) is 38.0 Å². The van der Waals surface area contributed by atoms with Crippen LogP contribution in [0.2, 0.25) is 0 Å². The highest BCUT2D eigenvalue weighted by Gasteiger charge is 2.33. The zero-order valence-corrected chi connectivity index (χ0v) is 37.9. The number of thiophene rings is 2. The van der Waals surface area contributed by atoms with Gasteiger partial charge in [-0.15, -0.1) is 22.7 Å². The zero-order valence-electron chi connectivity index (χ0n) is 36.2.